The fourth-order valence-electron chi connectivity index (χ4n) is 1.95. The van der Waals surface area contributed by atoms with Gasteiger partial charge in [0, 0.05) is 16.1 Å². The number of rotatable bonds is 4. The Labute approximate surface area is 120 Å². The number of hydrogen-bond acceptors (Lipinski definition) is 2. The van der Waals surface area contributed by atoms with Crippen molar-refractivity contribution in [1.82, 2.24) is 0 Å². The van der Waals surface area contributed by atoms with Gasteiger partial charge in [-0.15, -0.1) is 0 Å². The van der Waals surface area contributed by atoms with Crippen LogP contribution in [0.1, 0.15) is 5.56 Å². The summed E-state index contributed by atoms with van der Waals surface area (Å²) in [4.78, 5) is 10.8. The van der Waals surface area contributed by atoms with Crippen LogP contribution in [-0.4, -0.2) is 18.2 Å². The Morgan fingerprint density at radius 2 is 2.00 bits per heavy atom. The van der Waals surface area contributed by atoms with Gasteiger partial charge in [-0.2, -0.15) is 0 Å². The molecule has 0 heterocycles. The number of benzene rings is 2. The number of carboxylic acid groups (broad SMARTS) is 1. The van der Waals surface area contributed by atoms with E-state index in [4.69, 9.17) is 21.4 Å². The van der Waals surface area contributed by atoms with Gasteiger partial charge in [0.05, 0.1) is 13.5 Å². The third-order valence-corrected chi connectivity index (χ3v) is 3.07. The maximum absolute atomic E-state index is 13.9. The van der Waals surface area contributed by atoms with E-state index in [1.54, 1.807) is 18.2 Å². The Kier molecular flexibility index (Phi) is 4.25. The topological polar surface area (TPSA) is 46.5 Å². The minimum absolute atomic E-state index is 0.140. The Morgan fingerprint density at radius 3 is 2.65 bits per heavy atom. The van der Waals surface area contributed by atoms with Gasteiger partial charge in [0.25, 0.3) is 0 Å². The van der Waals surface area contributed by atoms with Gasteiger partial charge < -0.3 is 9.84 Å². The van der Waals surface area contributed by atoms with Crippen LogP contribution < -0.4 is 4.74 Å². The first kappa shape index (κ1) is 14.3. The molecule has 0 aliphatic rings. The lowest BCUT2D eigenvalue weighted by Gasteiger charge is -2.11. The van der Waals surface area contributed by atoms with Gasteiger partial charge >= 0.3 is 5.97 Å². The molecule has 0 saturated carbocycles. The zero-order valence-electron chi connectivity index (χ0n) is 10.7. The van der Waals surface area contributed by atoms with Crippen molar-refractivity contribution in [2.75, 3.05) is 7.11 Å². The first-order valence-electron chi connectivity index (χ1n) is 5.85. The van der Waals surface area contributed by atoms with Crippen molar-refractivity contribution in [2.45, 2.75) is 6.42 Å². The molecule has 20 heavy (non-hydrogen) atoms. The van der Waals surface area contributed by atoms with E-state index < -0.39 is 11.8 Å². The van der Waals surface area contributed by atoms with Crippen molar-refractivity contribution in [1.29, 1.82) is 0 Å². The minimum Gasteiger partial charge on any atom is -0.496 e. The molecule has 0 aliphatic heterocycles. The summed E-state index contributed by atoms with van der Waals surface area (Å²) in [5, 5.41) is 9.22. The molecule has 5 heteroatoms. The van der Waals surface area contributed by atoms with Crippen LogP contribution in [0.15, 0.2) is 36.4 Å². The number of halogens is 2. The van der Waals surface area contributed by atoms with Gasteiger partial charge in [-0.3, -0.25) is 4.79 Å². The lowest BCUT2D eigenvalue weighted by Crippen LogP contribution is -2.01. The van der Waals surface area contributed by atoms with Crippen LogP contribution in [0.4, 0.5) is 4.39 Å². The molecular formula is C15H12ClFO3. The highest BCUT2D eigenvalue weighted by Gasteiger charge is 2.13. The van der Waals surface area contributed by atoms with Crippen molar-refractivity contribution < 1.29 is 19.0 Å². The molecule has 104 valence electrons. The summed E-state index contributed by atoms with van der Waals surface area (Å²) in [7, 11) is 1.47. The standard InChI is InChI=1S/C15H12ClFO3/c1-20-14-5-2-9(7-15(18)19)6-12(14)11-8-10(16)3-4-13(11)17/h2-6,8H,7H2,1H3,(H,18,19). The maximum Gasteiger partial charge on any atom is 0.307 e. The lowest BCUT2D eigenvalue weighted by molar-refractivity contribution is -0.136. The van der Waals surface area contributed by atoms with Gasteiger partial charge in [0.15, 0.2) is 0 Å². The highest BCUT2D eigenvalue weighted by Crippen LogP contribution is 2.34. The van der Waals surface area contributed by atoms with Crippen molar-refractivity contribution >= 4 is 17.6 Å². The van der Waals surface area contributed by atoms with E-state index in [1.807, 2.05) is 0 Å². The molecule has 0 saturated heterocycles. The Bertz CT molecular complexity index is 656. The second-order valence-corrected chi connectivity index (χ2v) is 4.67. The third kappa shape index (κ3) is 3.08. The molecule has 0 atom stereocenters. The Balaban J connectivity index is 2.57. The Morgan fingerprint density at radius 1 is 1.25 bits per heavy atom. The zero-order chi connectivity index (χ0) is 14.7. The summed E-state index contributed by atoms with van der Waals surface area (Å²) in [6, 6.07) is 9.06. The van der Waals surface area contributed by atoms with Crippen LogP contribution in [0.2, 0.25) is 5.02 Å². The molecule has 0 aromatic heterocycles. The summed E-state index contributed by atoms with van der Waals surface area (Å²) < 4.78 is 19.1. The van der Waals surface area contributed by atoms with E-state index in [0.717, 1.165) is 0 Å². The smallest absolute Gasteiger partial charge is 0.307 e. The molecule has 0 spiro atoms. The van der Waals surface area contributed by atoms with E-state index in [9.17, 15) is 9.18 Å². The number of methoxy groups -OCH3 is 1. The number of carboxylic acids is 1. The predicted octanol–water partition coefficient (Wildman–Crippen LogP) is 3.78. The first-order chi connectivity index (χ1) is 9.51. The fourth-order valence-corrected chi connectivity index (χ4v) is 2.13. The van der Waals surface area contributed by atoms with Crippen LogP contribution in [0.5, 0.6) is 5.75 Å². The van der Waals surface area contributed by atoms with Gasteiger partial charge in [-0.05, 0) is 35.9 Å². The molecule has 0 fully saturated rings. The molecule has 3 nitrogen and oxygen atoms in total. The van der Waals surface area contributed by atoms with Crippen LogP contribution in [-0.2, 0) is 11.2 Å². The van der Waals surface area contributed by atoms with E-state index >= 15 is 0 Å². The largest absolute Gasteiger partial charge is 0.496 e. The van der Waals surface area contributed by atoms with Crippen molar-refractivity contribution in [3.8, 4) is 16.9 Å². The van der Waals surface area contributed by atoms with Gasteiger partial charge in [-0.25, -0.2) is 4.39 Å². The molecule has 2 aromatic rings. The van der Waals surface area contributed by atoms with E-state index in [-0.39, 0.29) is 12.0 Å². The normalized spacial score (nSPS) is 10.3. The molecule has 0 amide bonds. The molecule has 0 bridgehead atoms. The molecule has 2 aromatic carbocycles. The molecule has 0 radical (unpaired) electrons. The molecule has 1 N–H and O–H groups in total. The van der Waals surface area contributed by atoms with E-state index in [0.29, 0.717) is 21.9 Å². The second-order valence-electron chi connectivity index (χ2n) is 4.23. The van der Waals surface area contributed by atoms with Crippen LogP contribution in [0.3, 0.4) is 0 Å². The summed E-state index contributed by atoms with van der Waals surface area (Å²) in [6.07, 6.45) is -0.140. The quantitative estimate of drug-likeness (QED) is 0.933. The van der Waals surface area contributed by atoms with Crippen LogP contribution in [0.25, 0.3) is 11.1 Å². The van der Waals surface area contributed by atoms with Crippen LogP contribution in [0, 0.1) is 5.82 Å². The Hall–Kier alpha value is -2.07. The monoisotopic (exact) mass is 294 g/mol. The minimum atomic E-state index is -0.951. The van der Waals surface area contributed by atoms with Gasteiger partial charge in [0.2, 0.25) is 0 Å². The van der Waals surface area contributed by atoms with E-state index in [2.05, 4.69) is 0 Å². The van der Waals surface area contributed by atoms with Crippen LogP contribution >= 0.6 is 11.6 Å². The second kappa shape index (κ2) is 5.92. The number of aliphatic carboxylic acids is 1. The number of hydrogen-bond donors (Lipinski definition) is 1. The average molecular weight is 295 g/mol. The predicted molar refractivity (Wildman–Crippen MR) is 74.7 cm³/mol. The summed E-state index contributed by atoms with van der Waals surface area (Å²) in [5.41, 5.74) is 1.32. The number of carbonyl (C=O) groups is 1. The first-order valence-corrected chi connectivity index (χ1v) is 6.23. The lowest BCUT2D eigenvalue weighted by atomic mass is 10.00. The zero-order valence-corrected chi connectivity index (χ0v) is 11.4. The molecule has 2 rings (SSSR count). The molecule has 0 unspecified atom stereocenters. The summed E-state index contributed by atoms with van der Waals surface area (Å²) >= 11 is 5.88. The van der Waals surface area contributed by atoms with Crippen molar-refractivity contribution in [3.63, 3.8) is 0 Å². The van der Waals surface area contributed by atoms with E-state index in [1.165, 1.54) is 25.3 Å². The fraction of sp³-hybridized carbons (Fsp3) is 0.133. The summed E-state index contributed by atoms with van der Waals surface area (Å²) in [6.45, 7) is 0. The molecular weight excluding hydrogens is 283 g/mol. The van der Waals surface area contributed by atoms with Gasteiger partial charge in [-0.1, -0.05) is 17.7 Å². The SMILES string of the molecule is COc1ccc(CC(=O)O)cc1-c1cc(Cl)ccc1F. The highest BCUT2D eigenvalue weighted by molar-refractivity contribution is 6.30. The van der Waals surface area contributed by atoms with Gasteiger partial charge in [0.1, 0.15) is 11.6 Å². The third-order valence-electron chi connectivity index (χ3n) is 2.84. The van der Waals surface area contributed by atoms with Crippen molar-refractivity contribution in [3.05, 3.63) is 52.8 Å². The number of ether oxygens (including phenoxy) is 1. The summed E-state index contributed by atoms with van der Waals surface area (Å²) in [5.74, 6) is -0.937. The van der Waals surface area contributed by atoms with Crippen molar-refractivity contribution in [2.24, 2.45) is 0 Å². The average Bonchev–Trinajstić information content (AvgIpc) is 2.41. The molecule has 0 aliphatic carbocycles. The maximum atomic E-state index is 13.9. The highest BCUT2D eigenvalue weighted by atomic mass is 35.5.